The predicted octanol–water partition coefficient (Wildman–Crippen LogP) is 3.70. The van der Waals surface area contributed by atoms with Gasteiger partial charge in [-0.3, -0.25) is 14.7 Å². The van der Waals surface area contributed by atoms with E-state index in [4.69, 9.17) is 23.2 Å². The summed E-state index contributed by atoms with van der Waals surface area (Å²) in [4.78, 5) is 26.3. The number of H-pyrrole nitrogens is 1. The van der Waals surface area contributed by atoms with E-state index in [2.05, 4.69) is 19.9 Å². The van der Waals surface area contributed by atoms with E-state index < -0.39 is 0 Å². The van der Waals surface area contributed by atoms with Crippen LogP contribution in [-0.2, 0) is 19.5 Å². The van der Waals surface area contributed by atoms with Gasteiger partial charge >= 0.3 is 0 Å². The zero-order chi connectivity index (χ0) is 18.1. The molecular formula is C19H16Cl2N4O. The standard InChI is InChI=1S/C19H16Cl2N4O/c20-14-7-12(8-15(21)9-14)10-25-6-3-17-16(11-25)19(26)24-18(23-17)13-1-4-22-5-2-13/h1-2,4-5,7-9H,3,6,10-11H2,(H,23,24,26). The highest BCUT2D eigenvalue weighted by atomic mass is 35.5. The fourth-order valence-corrected chi connectivity index (χ4v) is 3.79. The predicted molar refractivity (Wildman–Crippen MR) is 102 cm³/mol. The van der Waals surface area contributed by atoms with E-state index in [1.165, 1.54) is 0 Å². The lowest BCUT2D eigenvalue weighted by Crippen LogP contribution is -2.35. The van der Waals surface area contributed by atoms with E-state index >= 15 is 0 Å². The number of aromatic nitrogens is 3. The van der Waals surface area contributed by atoms with E-state index in [0.717, 1.165) is 35.3 Å². The van der Waals surface area contributed by atoms with Crippen molar-refractivity contribution in [3.63, 3.8) is 0 Å². The van der Waals surface area contributed by atoms with E-state index in [-0.39, 0.29) is 5.56 Å². The first-order valence-corrected chi connectivity index (χ1v) is 9.04. The third-order valence-electron chi connectivity index (χ3n) is 4.43. The molecule has 0 bridgehead atoms. The monoisotopic (exact) mass is 386 g/mol. The van der Waals surface area contributed by atoms with Crippen LogP contribution in [0.3, 0.4) is 0 Å². The van der Waals surface area contributed by atoms with Crippen LogP contribution in [0.2, 0.25) is 10.0 Å². The first-order valence-electron chi connectivity index (χ1n) is 8.28. The van der Waals surface area contributed by atoms with E-state index in [1.807, 2.05) is 24.3 Å². The van der Waals surface area contributed by atoms with Crippen LogP contribution >= 0.6 is 23.2 Å². The topological polar surface area (TPSA) is 61.9 Å². The third kappa shape index (κ3) is 3.65. The molecule has 1 aliphatic heterocycles. The molecule has 0 unspecified atom stereocenters. The van der Waals surface area contributed by atoms with E-state index in [9.17, 15) is 4.79 Å². The number of halogens is 2. The summed E-state index contributed by atoms with van der Waals surface area (Å²) < 4.78 is 0. The largest absolute Gasteiger partial charge is 0.306 e. The molecule has 1 N–H and O–H groups in total. The molecule has 7 heteroatoms. The molecule has 2 aromatic heterocycles. The minimum atomic E-state index is -0.0874. The Bertz CT molecular complexity index is 984. The molecule has 0 atom stereocenters. The highest BCUT2D eigenvalue weighted by molar-refractivity contribution is 6.34. The van der Waals surface area contributed by atoms with Gasteiger partial charge in [0.2, 0.25) is 0 Å². The molecule has 5 nitrogen and oxygen atoms in total. The van der Waals surface area contributed by atoms with Crippen molar-refractivity contribution in [2.75, 3.05) is 6.54 Å². The van der Waals surface area contributed by atoms with Gasteiger partial charge in [0.05, 0.1) is 11.3 Å². The molecule has 0 saturated carbocycles. The average molecular weight is 387 g/mol. The molecule has 26 heavy (non-hydrogen) atoms. The van der Waals surface area contributed by atoms with Crippen molar-refractivity contribution in [2.45, 2.75) is 19.5 Å². The highest BCUT2D eigenvalue weighted by Gasteiger charge is 2.21. The van der Waals surface area contributed by atoms with Gasteiger partial charge in [0.1, 0.15) is 5.82 Å². The Labute approximate surface area is 160 Å². The van der Waals surface area contributed by atoms with Crippen molar-refractivity contribution in [3.8, 4) is 11.4 Å². The summed E-state index contributed by atoms with van der Waals surface area (Å²) in [5.74, 6) is 0.589. The number of rotatable bonds is 3. The van der Waals surface area contributed by atoms with E-state index in [0.29, 0.717) is 29.0 Å². The van der Waals surface area contributed by atoms with Gasteiger partial charge < -0.3 is 4.98 Å². The summed E-state index contributed by atoms with van der Waals surface area (Å²) in [5.41, 5.74) is 3.39. The summed E-state index contributed by atoms with van der Waals surface area (Å²) in [6.07, 6.45) is 4.10. The Morgan fingerprint density at radius 3 is 2.58 bits per heavy atom. The lowest BCUT2D eigenvalue weighted by atomic mass is 10.1. The second kappa shape index (κ2) is 7.19. The number of nitrogens with one attached hydrogen (secondary N) is 1. The van der Waals surface area contributed by atoms with Crippen LogP contribution in [0, 0.1) is 0 Å². The zero-order valence-corrected chi connectivity index (χ0v) is 15.4. The van der Waals surface area contributed by atoms with Crippen LogP contribution in [0.1, 0.15) is 16.8 Å². The molecule has 4 rings (SSSR count). The van der Waals surface area contributed by atoms with Crippen molar-refractivity contribution in [1.29, 1.82) is 0 Å². The Balaban J connectivity index is 1.58. The van der Waals surface area contributed by atoms with Crippen LogP contribution in [-0.4, -0.2) is 26.4 Å². The smallest absolute Gasteiger partial charge is 0.255 e. The van der Waals surface area contributed by atoms with Crippen molar-refractivity contribution in [1.82, 2.24) is 19.9 Å². The Kier molecular flexibility index (Phi) is 4.76. The molecule has 3 aromatic rings. The number of hydrogen-bond donors (Lipinski definition) is 1. The lowest BCUT2D eigenvalue weighted by Gasteiger charge is -2.27. The maximum atomic E-state index is 12.6. The van der Waals surface area contributed by atoms with Crippen molar-refractivity contribution in [2.24, 2.45) is 0 Å². The summed E-state index contributed by atoms with van der Waals surface area (Å²) in [7, 11) is 0. The van der Waals surface area contributed by atoms with E-state index in [1.54, 1.807) is 18.5 Å². The number of hydrogen-bond acceptors (Lipinski definition) is 4. The van der Waals surface area contributed by atoms with Crippen LogP contribution in [0.4, 0.5) is 0 Å². The van der Waals surface area contributed by atoms with Gasteiger partial charge in [-0.1, -0.05) is 23.2 Å². The number of benzene rings is 1. The molecule has 3 heterocycles. The molecule has 0 fully saturated rings. The second-order valence-electron chi connectivity index (χ2n) is 6.31. The van der Waals surface area contributed by atoms with Gasteiger partial charge in [-0.25, -0.2) is 4.98 Å². The first kappa shape index (κ1) is 17.2. The zero-order valence-electron chi connectivity index (χ0n) is 13.9. The van der Waals surface area contributed by atoms with Crippen LogP contribution in [0.25, 0.3) is 11.4 Å². The fourth-order valence-electron chi connectivity index (χ4n) is 3.22. The van der Waals surface area contributed by atoms with Gasteiger partial charge in [-0.15, -0.1) is 0 Å². The molecule has 0 radical (unpaired) electrons. The molecule has 0 aliphatic carbocycles. The molecule has 0 saturated heterocycles. The quantitative estimate of drug-likeness (QED) is 0.745. The Hall–Kier alpha value is -2.21. The first-order chi connectivity index (χ1) is 12.6. The number of nitrogens with zero attached hydrogens (tertiary/aromatic N) is 3. The Morgan fingerprint density at radius 1 is 1.12 bits per heavy atom. The van der Waals surface area contributed by atoms with Crippen LogP contribution < -0.4 is 5.56 Å². The van der Waals surface area contributed by atoms with Crippen LogP contribution in [0.5, 0.6) is 0 Å². The fraction of sp³-hybridized carbons (Fsp3) is 0.211. The highest BCUT2D eigenvalue weighted by Crippen LogP contribution is 2.23. The lowest BCUT2D eigenvalue weighted by molar-refractivity contribution is 0.242. The van der Waals surface area contributed by atoms with Crippen molar-refractivity contribution in [3.05, 3.63) is 79.9 Å². The molecule has 1 aliphatic rings. The average Bonchev–Trinajstić information content (AvgIpc) is 2.62. The second-order valence-corrected chi connectivity index (χ2v) is 7.19. The van der Waals surface area contributed by atoms with Gasteiger partial charge in [0, 0.05) is 54.1 Å². The van der Waals surface area contributed by atoms with Crippen LogP contribution in [0.15, 0.2) is 47.5 Å². The number of fused-ring (bicyclic) bond motifs is 1. The molecule has 132 valence electrons. The maximum absolute atomic E-state index is 12.6. The van der Waals surface area contributed by atoms with Gasteiger partial charge in [0.15, 0.2) is 0 Å². The molecule has 0 spiro atoms. The number of pyridine rings is 1. The summed E-state index contributed by atoms with van der Waals surface area (Å²) >= 11 is 12.2. The molecule has 1 aromatic carbocycles. The maximum Gasteiger partial charge on any atom is 0.255 e. The van der Waals surface area contributed by atoms with Gasteiger partial charge in [-0.05, 0) is 35.9 Å². The third-order valence-corrected chi connectivity index (χ3v) is 4.87. The molecule has 0 amide bonds. The van der Waals surface area contributed by atoms with Gasteiger partial charge in [0.25, 0.3) is 5.56 Å². The summed E-state index contributed by atoms with van der Waals surface area (Å²) in [6.45, 7) is 2.06. The minimum Gasteiger partial charge on any atom is -0.306 e. The summed E-state index contributed by atoms with van der Waals surface area (Å²) in [6, 6.07) is 9.19. The van der Waals surface area contributed by atoms with Crippen molar-refractivity contribution >= 4 is 23.2 Å². The summed E-state index contributed by atoms with van der Waals surface area (Å²) in [5, 5.41) is 1.23. The minimum absolute atomic E-state index is 0.0874. The number of aromatic amines is 1. The van der Waals surface area contributed by atoms with Gasteiger partial charge in [-0.2, -0.15) is 0 Å². The Morgan fingerprint density at radius 2 is 1.85 bits per heavy atom. The van der Waals surface area contributed by atoms with Crippen molar-refractivity contribution < 1.29 is 0 Å². The SMILES string of the molecule is O=c1[nH]c(-c2ccncc2)nc2c1CN(Cc1cc(Cl)cc(Cl)c1)CC2. The normalized spacial score (nSPS) is 14.2. The molecular weight excluding hydrogens is 371 g/mol.